The number of benzene rings is 3. The van der Waals surface area contributed by atoms with Crippen LogP contribution in [0.5, 0.6) is 17.2 Å². The Labute approximate surface area is 245 Å². The lowest BCUT2D eigenvalue weighted by molar-refractivity contribution is -0.145. The molecule has 0 aliphatic carbocycles. The number of alkyl carbamates (subject to hydrolysis) is 1. The maximum absolute atomic E-state index is 13.4. The molecule has 3 rings (SSSR count). The molecular formula is C32H38N2O8. The molecule has 42 heavy (non-hydrogen) atoms. The minimum Gasteiger partial charge on any atom is -0.508 e. The van der Waals surface area contributed by atoms with Crippen LogP contribution in [0.2, 0.25) is 0 Å². The molecule has 3 aromatic rings. The van der Waals surface area contributed by atoms with Crippen molar-refractivity contribution in [2.45, 2.75) is 57.9 Å². The summed E-state index contributed by atoms with van der Waals surface area (Å²) in [5, 5.41) is 14.9. The van der Waals surface area contributed by atoms with Crippen molar-refractivity contribution in [3.63, 3.8) is 0 Å². The summed E-state index contributed by atoms with van der Waals surface area (Å²) in [4.78, 5) is 38.6. The number of phenols is 1. The molecule has 0 saturated heterocycles. The van der Waals surface area contributed by atoms with Gasteiger partial charge in [-0.15, -0.1) is 0 Å². The third-order valence-corrected chi connectivity index (χ3v) is 6.11. The van der Waals surface area contributed by atoms with Crippen molar-refractivity contribution in [2.24, 2.45) is 0 Å². The van der Waals surface area contributed by atoms with Crippen LogP contribution in [-0.2, 0) is 38.5 Å². The number of nitrogens with one attached hydrogen (secondary N) is 2. The van der Waals surface area contributed by atoms with Crippen LogP contribution in [0.4, 0.5) is 4.79 Å². The topological polar surface area (TPSA) is 132 Å². The monoisotopic (exact) mass is 578 g/mol. The SMILES string of the molecule is COC(=O)[C@H](Cc1ccc(OCc2ccc(OC)cc2)cc1)NC(=O)[C@H](Cc1ccc(O)cc1)NC(=O)OC(C)(C)C. The van der Waals surface area contributed by atoms with Gasteiger partial charge in [0.05, 0.1) is 14.2 Å². The van der Waals surface area contributed by atoms with Crippen LogP contribution in [0.3, 0.4) is 0 Å². The summed E-state index contributed by atoms with van der Waals surface area (Å²) < 4.78 is 21.3. The average Bonchev–Trinajstić information content (AvgIpc) is 2.96. The quantitative estimate of drug-likeness (QED) is 0.271. The highest BCUT2D eigenvalue weighted by Gasteiger charge is 2.29. The summed E-state index contributed by atoms with van der Waals surface area (Å²) in [7, 11) is 2.85. The first-order valence-corrected chi connectivity index (χ1v) is 13.5. The van der Waals surface area contributed by atoms with Gasteiger partial charge in [0, 0.05) is 12.8 Å². The molecule has 0 aromatic heterocycles. The lowest BCUT2D eigenvalue weighted by Gasteiger charge is -2.25. The standard InChI is InChI=1S/C32H38N2O8/c1-32(2,3)42-31(38)34-27(18-21-6-12-24(35)13-7-21)29(36)33-28(30(37)40-5)19-22-8-16-26(17-9-22)41-20-23-10-14-25(39-4)15-11-23/h6-17,27-28,35H,18-20H2,1-5H3,(H,33,36)(H,34,38)/t27-,28-/m0/s1. The molecule has 0 fully saturated rings. The number of hydrogen-bond donors (Lipinski definition) is 3. The van der Waals surface area contributed by atoms with Crippen molar-refractivity contribution in [3.8, 4) is 17.2 Å². The zero-order valence-electron chi connectivity index (χ0n) is 24.5. The summed E-state index contributed by atoms with van der Waals surface area (Å²) in [5.74, 6) is 0.252. The molecule has 0 spiro atoms. The zero-order valence-corrected chi connectivity index (χ0v) is 24.5. The molecule has 2 atom stereocenters. The van der Waals surface area contributed by atoms with Crippen molar-refractivity contribution < 1.29 is 38.4 Å². The largest absolute Gasteiger partial charge is 0.508 e. The number of hydrogen-bond acceptors (Lipinski definition) is 8. The molecule has 10 nitrogen and oxygen atoms in total. The molecule has 3 N–H and O–H groups in total. The number of aromatic hydroxyl groups is 1. The second-order valence-electron chi connectivity index (χ2n) is 10.6. The van der Waals surface area contributed by atoms with Crippen molar-refractivity contribution in [1.29, 1.82) is 0 Å². The number of ether oxygens (including phenoxy) is 4. The predicted molar refractivity (Wildman–Crippen MR) is 156 cm³/mol. The van der Waals surface area contributed by atoms with E-state index in [1.807, 2.05) is 24.3 Å². The van der Waals surface area contributed by atoms with Gasteiger partial charge in [-0.3, -0.25) is 4.79 Å². The van der Waals surface area contributed by atoms with Gasteiger partial charge in [0.25, 0.3) is 0 Å². The van der Waals surface area contributed by atoms with Crippen LogP contribution < -0.4 is 20.1 Å². The van der Waals surface area contributed by atoms with E-state index in [1.165, 1.54) is 19.2 Å². The fourth-order valence-corrected chi connectivity index (χ4v) is 3.98. The van der Waals surface area contributed by atoms with E-state index >= 15 is 0 Å². The lowest BCUT2D eigenvalue weighted by atomic mass is 10.0. The Morgan fingerprint density at radius 3 is 1.81 bits per heavy atom. The number of amides is 2. The third-order valence-electron chi connectivity index (χ3n) is 6.11. The van der Waals surface area contributed by atoms with Crippen LogP contribution in [0, 0.1) is 0 Å². The average molecular weight is 579 g/mol. The Bertz CT molecular complexity index is 1320. The maximum Gasteiger partial charge on any atom is 0.408 e. The van der Waals surface area contributed by atoms with Gasteiger partial charge in [-0.2, -0.15) is 0 Å². The highest BCUT2D eigenvalue weighted by molar-refractivity contribution is 5.90. The predicted octanol–water partition coefficient (Wildman–Crippen LogP) is 4.32. The minimum atomic E-state index is -1.06. The number of phenolic OH excluding ortho intramolecular Hbond substituents is 1. The number of methoxy groups -OCH3 is 2. The Hall–Kier alpha value is -4.73. The zero-order chi connectivity index (χ0) is 30.7. The fraction of sp³-hybridized carbons (Fsp3) is 0.344. The van der Waals surface area contributed by atoms with Crippen LogP contribution in [0.15, 0.2) is 72.8 Å². The Morgan fingerprint density at radius 1 is 0.738 bits per heavy atom. The van der Waals surface area contributed by atoms with Crippen molar-refractivity contribution in [2.75, 3.05) is 14.2 Å². The molecule has 0 saturated carbocycles. The van der Waals surface area contributed by atoms with Crippen LogP contribution in [-0.4, -0.2) is 55.0 Å². The molecule has 0 aliphatic heterocycles. The molecule has 3 aromatic carbocycles. The van der Waals surface area contributed by atoms with Crippen molar-refractivity contribution in [1.82, 2.24) is 10.6 Å². The van der Waals surface area contributed by atoms with Gasteiger partial charge >= 0.3 is 12.1 Å². The van der Waals surface area contributed by atoms with E-state index in [2.05, 4.69) is 10.6 Å². The van der Waals surface area contributed by atoms with E-state index in [0.717, 1.165) is 16.9 Å². The van der Waals surface area contributed by atoms with Gasteiger partial charge in [-0.1, -0.05) is 36.4 Å². The molecule has 2 amide bonds. The van der Waals surface area contributed by atoms with E-state index < -0.39 is 35.7 Å². The summed E-state index contributed by atoms with van der Waals surface area (Å²) in [5.41, 5.74) is 1.65. The fourth-order valence-electron chi connectivity index (χ4n) is 3.98. The van der Waals surface area contributed by atoms with E-state index in [0.29, 0.717) is 17.9 Å². The first kappa shape index (κ1) is 31.8. The highest BCUT2D eigenvalue weighted by atomic mass is 16.6. The van der Waals surface area contributed by atoms with Gasteiger partial charge < -0.3 is 34.7 Å². The van der Waals surface area contributed by atoms with Crippen molar-refractivity contribution >= 4 is 18.0 Å². The second-order valence-corrected chi connectivity index (χ2v) is 10.6. The lowest BCUT2D eigenvalue weighted by Crippen LogP contribution is -2.53. The van der Waals surface area contributed by atoms with Gasteiger partial charge in [0.15, 0.2) is 0 Å². The first-order chi connectivity index (χ1) is 20.0. The number of rotatable bonds is 12. The van der Waals surface area contributed by atoms with E-state index in [1.54, 1.807) is 64.3 Å². The number of carbonyl (C=O) groups excluding carboxylic acids is 3. The van der Waals surface area contributed by atoms with Crippen LogP contribution in [0.25, 0.3) is 0 Å². The van der Waals surface area contributed by atoms with Crippen molar-refractivity contribution in [3.05, 3.63) is 89.5 Å². The van der Waals surface area contributed by atoms with E-state index in [4.69, 9.17) is 18.9 Å². The Morgan fingerprint density at radius 2 is 1.26 bits per heavy atom. The van der Waals surface area contributed by atoms with Gasteiger partial charge in [0.2, 0.25) is 5.91 Å². The second kappa shape index (κ2) is 14.8. The van der Waals surface area contributed by atoms with E-state index in [9.17, 15) is 19.5 Å². The summed E-state index contributed by atoms with van der Waals surface area (Å²) >= 11 is 0. The first-order valence-electron chi connectivity index (χ1n) is 13.5. The minimum absolute atomic E-state index is 0.0720. The molecule has 0 radical (unpaired) electrons. The van der Waals surface area contributed by atoms with Gasteiger partial charge in [-0.05, 0) is 73.9 Å². The molecule has 10 heteroatoms. The van der Waals surface area contributed by atoms with Crippen LogP contribution >= 0.6 is 0 Å². The highest BCUT2D eigenvalue weighted by Crippen LogP contribution is 2.18. The number of carbonyl (C=O) groups is 3. The van der Waals surface area contributed by atoms with Crippen LogP contribution in [0.1, 0.15) is 37.5 Å². The smallest absolute Gasteiger partial charge is 0.408 e. The maximum atomic E-state index is 13.4. The van der Waals surface area contributed by atoms with E-state index in [-0.39, 0.29) is 18.6 Å². The molecule has 224 valence electrons. The molecule has 0 bridgehead atoms. The summed E-state index contributed by atoms with van der Waals surface area (Å²) in [6.45, 7) is 5.51. The third kappa shape index (κ3) is 10.3. The molecular weight excluding hydrogens is 540 g/mol. The molecule has 0 heterocycles. The molecule has 0 aliphatic rings. The Kier molecular flexibility index (Phi) is 11.2. The summed E-state index contributed by atoms with van der Waals surface area (Å²) in [6, 6.07) is 18.9. The van der Waals surface area contributed by atoms with Gasteiger partial charge in [-0.25, -0.2) is 9.59 Å². The normalized spacial score (nSPS) is 12.4. The number of esters is 1. The molecule has 0 unspecified atom stereocenters. The summed E-state index contributed by atoms with van der Waals surface area (Å²) in [6.07, 6.45) is -0.532. The van der Waals surface area contributed by atoms with Gasteiger partial charge in [0.1, 0.15) is 41.5 Å². The Balaban J connectivity index is 1.68.